The lowest BCUT2D eigenvalue weighted by Gasteiger charge is -2.22. The molecule has 0 radical (unpaired) electrons. The van der Waals surface area contributed by atoms with Gasteiger partial charge in [-0.15, -0.1) is 0 Å². The number of hydrogen-bond acceptors (Lipinski definition) is 6. The van der Waals surface area contributed by atoms with E-state index in [9.17, 15) is 14.4 Å². The minimum absolute atomic E-state index is 0.0155. The summed E-state index contributed by atoms with van der Waals surface area (Å²) in [5.41, 5.74) is 0. The van der Waals surface area contributed by atoms with Crippen molar-refractivity contribution in [2.75, 3.05) is 26.7 Å². The van der Waals surface area contributed by atoms with Gasteiger partial charge < -0.3 is 19.7 Å². The standard InChI is InChI=1S/C12H20N2O5/c1-14(11(16)3-2-8-15)19-12(17)18-9-10-4-6-13-7-5-10/h8,10,13H,2-7,9H2,1H3. The van der Waals surface area contributed by atoms with Crippen LogP contribution < -0.4 is 5.32 Å². The Morgan fingerprint density at radius 1 is 1.37 bits per heavy atom. The van der Waals surface area contributed by atoms with Crippen LogP contribution in [0.2, 0.25) is 0 Å². The fraction of sp³-hybridized carbons (Fsp3) is 0.750. The van der Waals surface area contributed by atoms with Gasteiger partial charge in [-0.25, -0.2) is 4.79 Å². The number of amides is 1. The van der Waals surface area contributed by atoms with Crippen LogP contribution in [-0.2, 0) is 19.2 Å². The lowest BCUT2D eigenvalue weighted by molar-refractivity contribution is -0.166. The molecule has 1 N–H and O–H groups in total. The molecule has 1 rings (SSSR count). The summed E-state index contributed by atoms with van der Waals surface area (Å²) >= 11 is 0. The first-order valence-corrected chi connectivity index (χ1v) is 6.39. The number of aldehydes is 1. The SMILES string of the molecule is CN(OC(=O)OCC1CCNCC1)C(=O)CCC=O. The molecule has 0 aromatic rings. The van der Waals surface area contributed by atoms with Gasteiger partial charge in [0, 0.05) is 19.9 Å². The molecule has 1 amide bonds. The smallest absolute Gasteiger partial charge is 0.432 e. The summed E-state index contributed by atoms with van der Waals surface area (Å²) in [7, 11) is 1.32. The van der Waals surface area contributed by atoms with E-state index in [4.69, 9.17) is 9.57 Å². The van der Waals surface area contributed by atoms with E-state index >= 15 is 0 Å². The van der Waals surface area contributed by atoms with Crippen molar-refractivity contribution in [3.8, 4) is 0 Å². The molecule has 19 heavy (non-hydrogen) atoms. The summed E-state index contributed by atoms with van der Waals surface area (Å²) in [6.07, 6.45) is 1.79. The van der Waals surface area contributed by atoms with E-state index in [1.807, 2.05) is 0 Å². The Hall–Kier alpha value is -1.63. The molecule has 0 aromatic carbocycles. The fourth-order valence-corrected chi connectivity index (χ4v) is 1.76. The zero-order valence-corrected chi connectivity index (χ0v) is 11.1. The van der Waals surface area contributed by atoms with Crippen LogP contribution in [0.25, 0.3) is 0 Å². The molecule has 0 unspecified atom stereocenters. The number of ether oxygens (including phenoxy) is 1. The fourth-order valence-electron chi connectivity index (χ4n) is 1.76. The van der Waals surface area contributed by atoms with Crippen molar-refractivity contribution in [3.05, 3.63) is 0 Å². The molecule has 108 valence electrons. The minimum atomic E-state index is -0.888. The van der Waals surface area contributed by atoms with Crippen molar-refractivity contribution < 1.29 is 24.0 Å². The number of piperidine rings is 1. The van der Waals surface area contributed by atoms with Crippen LogP contribution in [-0.4, -0.2) is 50.2 Å². The van der Waals surface area contributed by atoms with Gasteiger partial charge >= 0.3 is 6.16 Å². The van der Waals surface area contributed by atoms with E-state index in [0.717, 1.165) is 31.0 Å². The highest BCUT2D eigenvalue weighted by molar-refractivity contribution is 5.78. The quantitative estimate of drug-likeness (QED) is 0.445. The molecule has 7 nitrogen and oxygen atoms in total. The predicted octanol–water partition coefficient (Wildman–Crippen LogP) is 0.492. The van der Waals surface area contributed by atoms with Gasteiger partial charge in [0.2, 0.25) is 0 Å². The van der Waals surface area contributed by atoms with E-state index in [2.05, 4.69) is 5.32 Å². The molecule has 7 heteroatoms. The second-order valence-corrected chi connectivity index (χ2v) is 4.44. The number of carbonyl (C=O) groups is 3. The van der Waals surface area contributed by atoms with E-state index in [1.54, 1.807) is 0 Å². The number of nitrogens with zero attached hydrogens (tertiary/aromatic N) is 1. The van der Waals surface area contributed by atoms with E-state index < -0.39 is 12.1 Å². The van der Waals surface area contributed by atoms with Crippen molar-refractivity contribution in [2.24, 2.45) is 5.92 Å². The minimum Gasteiger partial charge on any atom is -0.432 e. The highest BCUT2D eigenvalue weighted by atomic mass is 16.8. The lowest BCUT2D eigenvalue weighted by Crippen LogP contribution is -2.33. The van der Waals surface area contributed by atoms with Crippen LogP contribution in [0.1, 0.15) is 25.7 Å². The molecule has 1 aliphatic rings. The van der Waals surface area contributed by atoms with Crippen molar-refractivity contribution in [2.45, 2.75) is 25.7 Å². The largest absolute Gasteiger partial charge is 0.533 e. The monoisotopic (exact) mass is 272 g/mol. The third-order valence-corrected chi connectivity index (χ3v) is 2.93. The highest BCUT2D eigenvalue weighted by Crippen LogP contribution is 2.12. The van der Waals surface area contributed by atoms with Gasteiger partial charge in [0.25, 0.3) is 5.91 Å². The average molecular weight is 272 g/mol. The summed E-state index contributed by atoms with van der Waals surface area (Å²) in [5.74, 6) is -0.101. The molecule has 0 bridgehead atoms. The van der Waals surface area contributed by atoms with Crippen LogP contribution in [0.4, 0.5) is 4.79 Å². The number of rotatable bonds is 5. The van der Waals surface area contributed by atoms with E-state index in [0.29, 0.717) is 18.8 Å². The molecule has 1 heterocycles. The van der Waals surface area contributed by atoms with Gasteiger partial charge in [-0.2, -0.15) is 5.06 Å². The molecule has 1 fully saturated rings. The molecule has 0 aromatic heterocycles. The highest BCUT2D eigenvalue weighted by Gasteiger charge is 2.18. The number of nitrogens with one attached hydrogen (secondary N) is 1. The summed E-state index contributed by atoms with van der Waals surface area (Å²) in [6, 6.07) is 0. The summed E-state index contributed by atoms with van der Waals surface area (Å²) in [5, 5.41) is 4.02. The van der Waals surface area contributed by atoms with Gasteiger partial charge in [0.1, 0.15) is 6.29 Å². The molecule has 0 spiro atoms. The topological polar surface area (TPSA) is 84.9 Å². The van der Waals surface area contributed by atoms with E-state index in [1.165, 1.54) is 7.05 Å². The number of hydroxylamine groups is 2. The maximum absolute atomic E-state index is 11.4. The zero-order valence-electron chi connectivity index (χ0n) is 11.1. The molecular formula is C12H20N2O5. The first-order valence-electron chi connectivity index (χ1n) is 6.39. The Labute approximate surface area is 112 Å². The van der Waals surface area contributed by atoms with Crippen molar-refractivity contribution in [1.29, 1.82) is 0 Å². The van der Waals surface area contributed by atoms with Crippen molar-refractivity contribution >= 4 is 18.3 Å². The molecule has 0 aliphatic carbocycles. The van der Waals surface area contributed by atoms with Crippen LogP contribution in [0.15, 0.2) is 0 Å². The molecule has 0 atom stereocenters. The van der Waals surface area contributed by atoms with Crippen LogP contribution >= 0.6 is 0 Å². The third kappa shape index (κ3) is 6.19. The van der Waals surface area contributed by atoms with Crippen LogP contribution in [0, 0.1) is 5.92 Å². The number of hydrogen-bond donors (Lipinski definition) is 1. The summed E-state index contributed by atoms with van der Waals surface area (Å²) in [6.45, 7) is 2.15. The lowest BCUT2D eigenvalue weighted by atomic mass is 9.99. The van der Waals surface area contributed by atoms with Crippen LogP contribution in [0.5, 0.6) is 0 Å². The second-order valence-electron chi connectivity index (χ2n) is 4.44. The Morgan fingerprint density at radius 2 is 2.05 bits per heavy atom. The second kappa shape index (κ2) is 8.47. The Kier molecular flexibility index (Phi) is 6.88. The Bertz CT molecular complexity index is 315. The molecule has 1 aliphatic heterocycles. The predicted molar refractivity (Wildman–Crippen MR) is 66.1 cm³/mol. The average Bonchev–Trinajstić information content (AvgIpc) is 2.43. The Balaban J connectivity index is 2.18. The first kappa shape index (κ1) is 15.4. The first-order chi connectivity index (χ1) is 9.13. The van der Waals surface area contributed by atoms with Crippen molar-refractivity contribution in [3.63, 3.8) is 0 Å². The molecular weight excluding hydrogens is 252 g/mol. The van der Waals surface area contributed by atoms with Crippen LogP contribution in [0.3, 0.4) is 0 Å². The maximum Gasteiger partial charge on any atom is 0.533 e. The van der Waals surface area contributed by atoms with Gasteiger partial charge in [0.05, 0.1) is 6.61 Å². The third-order valence-electron chi connectivity index (χ3n) is 2.93. The maximum atomic E-state index is 11.4. The van der Waals surface area contributed by atoms with Gasteiger partial charge in [-0.05, 0) is 31.8 Å². The van der Waals surface area contributed by atoms with Gasteiger partial charge in [-0.1, -0.05) is 0 Å². The van der Waals surface area contributed by atoms with Gasteiger partial charge in [0.15, 0.2) is 0 Å². The van der Waals surface area contributed by atoms with Crippen molar-refractivity contribution in [1.82, 2.24) is 10.4 Å². The van der Waals surface area contributed by atoms with Gasteiger partial charge in [-0.3, -0.25) is 4.79 Å². The summed E-state index contributed by atoms with van der Waals surface area (Å²) in [4.78, 5) is 37.5. The molecule has 1 saturated heterocycles. The zero-order chi connectivity index (χ0) is 14.1. The van der Waals surface area contributed by atoms with E-state index in [-0.39, 0.29) is 12.8 Å². The Morgan fingerprint density at radius 3 is 2.68 bits per heavy atom. The molecule has 0 saturated carbocycles. The summed E-state index contributed by atoms with van der Waals surface area (Å²) < 4.78 is 4.95. The number of carbonyl (C=O) groups excluding carboxylic acids is 3. The normalized spacial score (nSPS) is 15.6.